The molecule has 0 aliphatic carbocycles. The summed E-state index contributed by atoms with van der Waals surface area (Å²) in [7, 11) is 0. The van der Waals surface area contributed by atoms with Gasteiger partial charge in [-0.2, -0.15) is 0 Å². The van der Waals surface area contributed by atoms with Gasteiger partial charge in [0.05, 0.1) is 17.6 Å². The van der Waals surface area contributed by atoms with Crippen molar-refractivity contribution >= 4 is 39.7 Å². The highest BCUT2D eigenvalue weighted by atomic mass is 35.5. The molecule has 0 radical (unpaired) electrons. The zero-order valence-electron chi connectivity index (χ0n) is 13.0. The van der Waals surface area contributed by atoms with E-state index in [0.717, 1.165) is 27.3 Å². The number of rotatable bonds is 4. The van der Waals surface area contributed by atoms with Crippen LogP contribution in [0.5, 0.6) is 0 Å². The van der Waals surface area contributed by atoms with Crippen molar-refractivity contribution in [3.05, 3.63) is 69.9 Å². The van der Waals surface area contributed by atoms with E-state index in [1.165, 1.54) is 16.9 Å². The van der Waals surface area contributed by atoms with Crippen molar-refractivity contribution in [2.75, 3.05) is 5.32 Å². The summed E-state index contributed by atoms with van der Waals surface area (Å²) in [6, 6.07) is 14.6. The van der Waals surface area contributed by atoms with Gasteiger partial charge in [0, 0.05) is 22.4 Å². The van der Waals surface area contributed by atoms with Crippen LogP contribution in [-0.2, 0) is 6.54 Å². The van der Waals surface area contributed by atoms with Gasteiger partial charge in [0.1, 0.15) is 6.33 Å². The first-order valence-electron chi connectivity index (χ1n) is 7.57. The van der Waals surface area contributed by atoms with Gasteiger partial charge in [-0.1, -0.05) is 23.7 Å². The highest BCUT2D eigenvalue weighted by molar-refractivity contribution is 7.15. The average Bonchev–Trinajstić information content (AvgIpc) is 3.18. The molecule has 2 aromatic heterocycles. The van der Waals surface area contributed by atoms with E-state index < -0.39 is 0 Å². The number of nitrogens with zero attached hydrogens (tertiary/aromatic N) is 3. The van der Waals surface area contributed by atoms with E-state index in [-0.39, 0.29) is 0 Å². The van der Waals surface area contributed by atoms with Gasteiger partial charge in [-0.05, 0) is 42.8 Å². The van der Waals surface area contributed by atoms with Crippen molar-refractivity contribution < 1.29 is 0 Å². The number of benzene rings is 2. The number of nitrogens with one attached hydrogen (secondary N) is 1. The van der Waals surface area contributed by atoms with E-state index in [0.29, 0.717) is 11.0 Å². The summed E-state index contributed by atoms with van der Waals surface area (Å²) in [5, 5.41) is 3.39. The predicted molar refractivity (Wildman–Crippen MR) is 100 cm³/mol. The van der Waals surface area contributed by atoms with Gasteiger partial charge in [-0.15, -0.1) is 11.3 Å². The van der Waals surface area contributed by atoms with Crippen LogP contribution in [-0.4, -0.2) is 14.5 Å². The molecule has 0 spiro atoms. The van der Waals surface area contributed by atoms with Gasteiger partial charge in [0.25, 0.3) is 0 Å². The van der Waals surface area contributed by atoms with Crippen molar-refractivity contribution in [2.45, 2.75) is 13.5 Å². The van der Waals surface area contributed by atoms with Gasteiger partial charge in [0.2, 0.25) is 0 Å². The second-order valence-electron chi connectivity index (χ2n) is 5.59. The Labute approximate surface area is 148 Å². The zero-order chi connectivity index (χ0) is 16.5. The van der Waals surface area contributed by atoms with Gasteiger partial charge >= 0.3 is 0 Å². The molecule has 24 heavy (non-hydrogen) atoms. The lowest BCUT2D eigenvalue weighted by atomic mass is 10.2. The third kappa shape index (κ3) is 3.00. The van der Waals surface area contributed by atoms with E-state index >= 15 is 0 Å². The fraction of sp³-hybridized carbons (Fsp3) is 0.111. The first kappa shape index (κ1) is 15.2. The standard InChI is InChI=1S/C18H15ClN4S/c1-12-3-2-4-14(7-12)23-11-22-16-8-13(5-6-17(16)23)20-9-15-10-21-18(19)24-15/h2-8,10-11,20H,9H2,1H3. The Morgan fingerprint density at radius 3 is 2.88 bits per heavy atom. The Bertz CT molecular complexity index is 1010. The Morgan fingerprint density at radius 1 is 1.17 bits per heavy atom. The predicted octanol–water partition coefficient (Wildman–Crippen LogP) is 5.06. The van der Waals surface area contributed by atoms with E-state index in [2.05, 4.69) is 69.2 Å². The molecule has 2 heterocycles. The molecule has 120 valence electrons. The number of hydrogen-bond donors (Lipinski definition) is 1. The average molecular weight is 355 g/mol. The second-order valence-corrected chi connectivity index (χ2v) is 7.29. The van der Waals surface area contributed by atoms with Crippen LogP contribution in [0.15, 0.2) is 55.0 Å². The monoisotopic (exact) mass is 354 g/mol. The van der Waals surface area contributed by atoms with Crippen LogP contribution < -0.4 is 5.32 Å². The zero-order valence-corrected chi connectivity index (χ0v) is 14.6. The normalized spacial score (nSPS) is 11.1. The summed E-state index contributed by atoms with van der Waals surface area (Å²) < 4.78 is 2.67. The highest BCUT2D eigenvalue weighted by Gasteiger charge is 2.06. The maximum absolute atomic E-state index is 5.86. The summed E-state index contributed by atoms with van der Waals surface area (Å²) in [4.78, 5) is 9.69. The topological polar surface area (TPSA) is 42.7 Å². The molecular weight excluding hydrogens is 340 g/mol. The van der Waals surface area contributed by atoms with Crippen molar-refractivity contribution in [1.29, 1.82) is 0 Å². The number of halogens is 1. The molecular formula is C18H15ClN4S. The molecule has 4 rings (SSSR count). The molecule has 0 saturated carbocycles. The molecule has 0 fully saturated rings. The SMILES string of the molecule is Cc1cccc(-n2cnc3cc(NCc4cnc(Cl)s4)ccc32)c1. The number of aromatic nitrogens is 3. The molecule has 0 aliphatic rings. The van der Waals surface area contributed by atoms with Gasteiger partial charge in [0.15, 0.2) is 4.47 Å². The lowest BCUT2D eigenvalue weighted by molar-refractivity contribution is 1.09. The number of aryl methyl sites for hydroxylation is 1. The van der Waals surface area contributed by atoms with E-state index in [4.69, 9.17) is 11.6 Å². The van der Waals surface area contributed by atoms with Crippen LogP contribution in [0.1, 0.15) is 10.4 Å². The Morgan fingerprint density at radius 2 is 2.08 bits per heavy atom. The third-order valence-corrected chi connectivity index (χ3v) is 4.93. The summed E-state index contributed by atoms with van der Waals surface area (Å²) in [5.41, 5.74) is 5.44. The smallest absolute Gasteiger partial charge is 0.183 e. The Hall–Kier alpha value is -2.37. The summed E-state index contributed by atoms with van der Waals surface area (Å²) in [5.74, 6) is 0. The molecule has 0 saturated heterocycles. The van der Waals surface area contributed by atoms with Crippen LogP contribution in [0.3, 0.4) is 0 Å². The fourth-order valence-electron chi connectivity index (χ4n) is 2.66. The van der Waals surface area contributed by atoms with Crippen molar-refractivity contribution in [3.63, 3.8) is 0 Å². The van der Waals surface area contributed by atoms with Crippen LogP contribution in [0.4, 0.5) is 5.69 Å². The molecule has 4 aromatic rings. The molecule has 2 aromatic carbocycles. The number of imidazole rings is 1. The second kappa shape index (κ2) is 6.26. The molecule has 6 heteroatoms. The molecule has 0 atom stereocenters. The molecule has 4 nitrogen and oxygen atoms in total. The first-order valence-corrected chi connectivity index (χ1v) is 8.77. The molecule has 1 N–H and O–H groups in total. The lowest BCUT2D eigenvalue weighted by Crippen LogP contribution is -1.97. The number of hydrogen-bond acceptors (Lipinski definition) is 4. The summed E-state index contributed by atoms with van der Waals surface area (Å²) >= 11 is 7.34. The highest BCUT2D eigenvalue weighted by Crippen LogP contribution is 2.23. The van der Waals surface area contributed by atoms with Crippen LogP contribution in [0.25, 0.3) is 16.7 Å². The lowest BCUT2D eigenvalue weighted by Gasteiger charge is -2.07. The Balaban J connectivity index is 1.60. The van der Waals surface area contributed by atoms with E-state index in [1.807, 2.05) is 6.33 Å². The quantitative estimate of drug-likeness (QED) is 0.557. The van der Waals surface area contributed by atoms with Crippen molar-refractivity contribution in [3.8, 4) is 5.69 Å². The number of anilines is 1. The van der Waals surface area contributed by atoms with E-state index in [1.54, 1.807) is 6.20 Å². The molecule has 0 aliphatic heterocycles. The van der Waals surface area contributed by atoms with Crippen molar-refractivity contribution in [1.82, 2.24) is 14.5 Å². The Kier molecular flexibility index (Phi) is 3.96. The van der Waals surface area contributed by atoms with Gasteiger partial charge < -0.3 is 5.32 Å². The fourth-order valence-corrected chi connectivity index (χ4v) is 3.58. The maximum atomic E-state index is 5.86. The number of fused-ring (bicyclic) bond motifs is 1. The van der Waals surface area contributed by atoms with Crippen molar-refractivity contribution in [2.24, 2.45) is 0 Å². The molecule has 0 amide bonds. The molecule has 0 bridgehead atoms. The third-order valence-electron chi connectivity index (χ3n) is 3.82. The van der Waals surface area contributed by atoms with E-state index in [9.17, 15) is 0 Å². The minimum absolute atomic E-state index is 0.569. The number of thiazole rings is 1. The van der Waals surface area contributed by atoms with Crippen LogP contribution in [0, 0.1) is 6.92 Å². The summed E-state index contributed by atoms with van der Waals surface area (Å²) in [6.07, 6.45) is 3.66. The minimum Gasteiger partial charge on any atom is -0.380 e. The molecule has 0 unspecified atom stereocenters. The summed E-state index contributed by atoms with van der Waals surface area (Å²) in [6.45, 7) is 2.80. The minimum atomic E-state index is 0.569. The van der Waals surface area contributed by atoms with Gasteiger partial charge in [-0.3, -0.25) is 4.57 Å². The van der Waals surface area contributed by atoms with Gasteiger partial charge in [-0.25, -0.2) is 9.97 Å². The largest absolute Gasteiger partial charge is 0.380 e. The van der Waals surface area contributed by atoms with Crippen LogP contribution in [0.2, 0.25) is 4.47 Å². The maximum Gasteiger partial charge on any atom is 0.183 e. The first-order chi connectivity index (χ1) is 11.7. The van der Waals surface area contributed by atoms with Crippen LogP contribution >= 0.6 is 22.9 Å².